The summed E-state index contributed by atoms with van der Waals surface area (Å²) >= 11 is 0. The summed E-state index contributed by atoms with van der Waals surface area (Å²) in [7, 11) is 0. The molecule has 196 valence electrons. The van der Waals surface area contributed by atoms with Crippen molar-refractivity contribution in [3.8, 4) is 16.9 Å². The number of rotatable bonds is 6. The van der Waals surface area contributed by atoms with Crippen molar-refractivity contribution < 1.29 is 27.6 Å². The molecule has 0 saturated heterocycles. The van der Waals surface area contributed by atoms with E-state index in [4.69, 9.17) is 9.60 Å². The number of carbonyl (C=O) groups is 1. The highest BCUT2D eigenvalue weighted by molar-refractivity contribution is 6.05. The quantitative estimate of drug-likeness (QED) is 0.262. The molecule has 1 amide bonds. The van der Waals surface area contributed by atoms with Gasteiger partial charge in [0, 0.05) is 52.9 Å². The number of halogens is 3. The van der Waals surface area contributed by atoms with Crippen LogP contribution in [-0.2, 0) is 6.18 Å². The van der Waals surface area contributed by atoms with Crippen LogP contribution >= 0.6 is 0 Å². The van der Waals surface area contributed by atoms with Gasteiger partial charge in [-0.15, -0.1) is 0 Å². The molecule has 5 aromatic rings. The van der Waals surface area contributed by atoms with Crippen molar-refractivity contribution in [3.63, 3.8) is 0 Å². The van der Waals surface area contributed by atoms with Gasteiger partial charge >= 0.3 is 6.18 Å². The zero-order valence-corrected chi connectivity index (χ0v) is 20.3. The molecule has 0 aliphatic carbocycles. The maximum Gasteiger partial charge on any atom is 0.416 e. The number of anilines is 3. The van der Waals surface area contributed by atoms with Gasteiger partial charge < -0.3 is 15.2 Å². The molecule has 0 aliphatic rings. The molecule has 2 N–H and O–H groups in total. The monoisotopic (exact) mass is 536 g/mol. The van der Waals surface area contributed by atoms with Crippen LogP contribution in [0.4, 0.5) is 30.5 Å². The van der Waals surface area contributed by atoms with E-state index in [1.807, 2.05) is 0 Å². The van der Waals surface area contributed by atoms with Crippen LogP contribution < -0.4 is 10.6 Å². The van der Waals surface area contributed by atoms with Crippen LogP contribution in [0.1, 0.15) is 36.8 Å². The molecule has 0 atom stereocenters. The number of amides is 1. The number of pyridine rings is 1. The Balaban J connectivity index is 1.55. The van der Waals surface area contributed by atoms with E-state index in [1.165, 1.54) is 37.5 Å². The van der Waals surface area contributed by atoms with Gasteiger partial charge in [-0.3, -0.25) is 9.78 Å². The van der Waals surface area contributed by atoms with E-state index in [9.17, 15) is 18.0 Å². The summed E-state index contributed by atoms with van der Waals surface area (Å²) in [5.74, 6) is -1.10. The SMILES string of the molecule is [2H]c1nc(Nc2cc(C(=O)Nc3c([2H])c(-n4c([2H])nc(C)c4[2H])c([2H])c(C(F)(F)F)c3[2H])ccc2C)nc(-c2cccnc2)c1[2H]. The van der Waals surface area contributed by atoms with Gasteiger partial charge in [0.25, 0.3) is 5.91 Å². The standard InChI is InChI=1S/C28H22F3N7O/c1-17-5-6-19(10-25(17)37-27-33-9-7-24(36-27)20-4-3-8-32-14-20)26(39)35-22-11-21(28(29,30)31)12-23(13-22)38-15-18(2)34-16-38/h3-16H,1-2H3,(H,35,39)(H,33,36,37)/i7D,9D,11D,12D,13D,15D,16D. The van der Waals surface area contributed by atoms with Gasteiger partial charge in [-0.2, -0.15) is 13.2 Å². The Bertz CT molecular complexity index is 2020. The number of hydrogen-bond acceptors (Lipinski definition) is 6. The first-order valence-corrected chi connectivity index (χ1v) is 11.3. The third-order valence-electron chi connectivity index (χ3n) is 5.31. The molecule has 3 aromatic heterocycles. The fourth-order valence-corrected chi connectivity index (χ4v) is 3.41. The van der Waals surface area contributed by atoms with E-state index in [0.717, 1.165) is 0 Å². The summed E-state index contributed by atoms with van der Waals surface area (Å²) < 4.78 is 100. The molecule has 0 radical (unpaired) electrons. The first kappa shape index (κ1) is 18.2. The van der Waals surface area contributed by atoms with E-state index in [-0.39, 0.29) is 40.8 Å². The van der Waals surface area contributed by atoms with Gasteiger partial charge in [0.2, 0.25) is 5.95 Å². The number of alkyl halides is 3. The van der Waals surface area contributed by atoms with Crippen LogP contribution in [0.25, 0.3) is 16.9 Å². The Labute approximate surface area is 231 Å². The van der Waals surface area contributed by atoms with E-state index < -0.39 is 59.6 Å². The number of benzene rings is 2. The molecular weight excluding hydrogens is 507 g/mol. The fourth-order valence-electron chi connectivity index (χ4n) is 3.41. The van der Waals surface area contributed by atoms with E-state index >= 15 is 0 Å². The van der Waals surface area contributed by atoms with Gasteiger partial charge in [-0.05, 0) is 67.8 Å². The van der Waals surface area contributed by atoms with E-state index in [0.29, 0.717) is 15.7 Å². The van der Waals surface area contributed by atoms with Crippen molar-refractivity contribution in [1.82, 2.24) is 24.5 Å². The highest BCUT2D eigenvalue weighted by atomic mass is 19.4. The third kappa shape index (κ3) is 5.93. The molecule has 0 bridgehead atoms. The maximum absolute atomic E-state index is 14.1. The average molecular weight is 537 g/mol. The minimum Gasteiger partial charge on any atom is -0.324 e. The van der Waals surface area contributed by atoms with Gasteiger partial charge in [0.1, 0.15) is 1.37 Å². The van der Waals surface area contributed by atoms with Crippen LogP contribution in [0.2, 0.25) is 0 Å². The average Bonchev–Trinajstić information content (AvgIpc) is 3.24. The molecular formula is C28H22F3N7O. The Hall–Kier alpha value is -5.06. The molecule has 0 fully saturated rings. The Morgan fingerprint density at radius 3 is 2.67 bits per heavy atom. The molecule has 39 heavy (non-hydrogen) atoms. The van der Waals surface area contributed by atoms with Crippen molar-refractivity contribution >= 4 is 23.2 Å². The van der Waals surface area contributed by atoms with E-state index in [2.05, 4.69) is 30.6 Å². The second kappa shape index (κ2) is 10.4. The molecule has 0 aliphatic heterocycles. The molecule has 0 spiro atoms. The molecule has 0 unspecified atom stereocenters. The first-order valence-electron chi connectivity index (χ1n) is 14.8. The smallest absolute Gasteiger partial charge is 0.324 e. The van der Waals surface area contributed by atoms with Crippen LogP contribution in [0.5, 0.6) is 0 Å². The summed E-state index contributed by atoms with van der Waals surface area (Å²) in [6.45, 7) is 3.01. The van der Waals surface area contributed by atoms with Crippen molar-refractivity contribution in [2.75, 3.05) is 10.6 Å². The maximum atomic E-state index is 14.1. The number of aromatic nitrogens is 5. The number of aryl methyl sites for hydroxylation is 2. The normalized spacial score (nSPS) is 13.8. The largest absolute Gasteiger partial charge is 0.416 e. The van der Waals surface area contributed by atoms with Crippen LogP contribution in [-0.4, -0.2) is 30.4 Å². The predicted molar refractivity (Wildman–Crippen MR) is 141 cm³/mol. The molecule has 11 heteroatoms. The molecule has 3 heterocycles. The summed E-state index contributed by atoms with van der Waals surface area (Å²) in [6, 6.07) is 3.67. The van der Waals surface area contributed by atoms with Crippen molar-refractivity contribution in [3.05, 3.63) is 108 Å². The van der Waals surface area contributed by atoms with Gasteiger partial charge in [-0.1, -0.05) is 6.07 Å². The predicted octanol–water partition coefficient (Wildman–Crippen LogP) is 6.36. The zero-order chi connectivity index (χ0) is 33.7. The Morgan fingerprint density at radius 1 is 1.10 bits per heavy atom. The second-order valence-corrected chi connectivity index (χ2v) is 8.20. The number of imidazole rings is 1. The lowest BCUT2D eigenvalue weighted by Crippen LogP contribution is -2.14. The summed E-state index contributed by atoms with van der Waals surface area (Å²) in [5, 5.41) is 5.06. The van der Waals surface area contributed by atoms with Gasteiger partial charge in [0.15, 0.2) is 0 Å². The fraction of sp³-hybridized carbons (Fsp3) is 0.107. The summed E-state index contributed by atoms with van der Waals surface area (Å²) in [6.07, 6.45) is -3.88. The lowest BCUT2D eigenvalue weighted by atomic mass is 10.1. The van der Waals surface area contributed by atoms with Crippen molar-refractivity contribution in [2.45, 2.75) is 20.0 Å². The lowest BCUT2D eigenvalue weighted by molar-refractivity contribution is -0.137. The number of nitrogens with zero attached hydrogens (tertiary/aromatic N) is 5. The zero-order valence-electron chi connectivity index (χ0n) is 27.3. The number of carbonyl (C=O) groups excluding carboxylic acids is 1. The Morgan fingerprint density at radius 2 is 1.95 bits per heavy atom. The highest BCUT2D eigenvalue weighted by Gasteiger charge is 2.31. The summed E-state index contributed by atoms with van der Waals surface area (Å²) in [5.41, 5.74) is -2.22. The highest BCUT2D eigenvalue weighted by Crippen LogP contribution is 2.33. The Kier molecular flexibility index (Phi) is 4.85. The number of hydrogen-bond donors (Lipinski definition) is 2. The molecule has 2 aromatic carbocycles. The van der Waals surface area contributed by atoms with Crippen molar-refractivity contribution in [1.29, 1.82) is 0 Å². The third-order valence-corrected chi connectivity index (χ3v) is 5.31. The van der Waals surface area contributed by atoms with E-state index in [1.54, 1.807) is 19.1 Å². The number of nitrogens with one attached hydrogen (secondary N) is 2. The lowest BCUT2D eigenvalue weighted by Gasteiger charge is -2.14. The van der Waals surface area contributed by atoms with Crippen LogP contribution in [0.3, 0.4) is 0 Å². The molecule has 5 rings (SSSR count). The molecule has 8 nitrogen and oxygen atoms in total. The minimum atomic E-state index is -5.25. The second-order valence-electron chi connectivity index (χ2n) is 8.20. The van der Waals surface area contributed by atoms with Crippen LogP contribution in [0, 0.1) is 13.8 Å². The van der Waals surface area contributed by atoms with Crippen molar-refractivity contribution in [2.24, 2.45) is 0 Å². The van der Waals surface area contributed by atoms with Gasteiger partial charge in [0.05, 0.1) is 31.5 Å². The topological polar surface area (TPSA) is 97.6 Å². The van der Waals surface area contributed by atoms with Gasteiger partial charge in [-0.25, -0.2) is 15.0 Å². The minimum absolute atomic E-state index is 0.0379. The van der Waals surface area contributed by atoms with Crippen LogP contribution in [0.15, 0.2) is 85.5 Å². The molecule has 0 saturated carbocycles. The summed E-state index contributed by atoms with van der Waals surface area (Å²) in [4.78, 5) is 29.4. The first-order chi connectivity index (χ1) is 21.6.